The van der Waals surface area contributed by atoms with E-state index in [1.165, 1.54) is 5.56 Å². The second-order valence-electron chi connectivity index (χ2n) is 6.56. The first-order valence-electron chi connectivity index (χ1n) is 7.60. The van der Waals surface area contributed by atoms with Gasteiger partial charge in [-0.05, 0) is 45.1 Å². The van der Waals surface area contributed by atoms with Gasteiger partial charge in [-0.2, -0.15) is 0 Å². The fourth-order valence-corrected chi connectivity index (χ4v) is 3.18. The predicted molar refractivity (Wildman–Crippen MR) is 80.5 cm³/mol. The van der Waals surface area contributed by atoms with Crippen LogP contribution in [0.4, 0.5) is 0 Å². The van der Waals surface area contributed by atoms with Gasteiger partial charge in [0.1, 0.15) is 11.6 Å². The second kappa shape index (κ2) is 4.86. The molecule has 1 aromatic rings. The van der Waals surface area contributed by atoms with Crippen molar-refractivity contribution in [1.82, 2.24) is 10.2 Å². The monoisotopic (exact) mass is 286 g/mol. The number of carbonyl (C=O) groups excluding carboxylic acids is 2. The summed E-state index contributed by atoms with van der Waals surface area (Å²) in [5.74, 6) is 0.303. The summed E-state index contributed by atoms with van der Waals surface area (Å²) in [7, 11) is 0. The van der Waals surface area contributed by atoms with E-state index in [4.69, 9.17) is 0 Å². The Morgan fingerprint density at radius 3 is 2.67 bits per heavy atom. The lowest BCUT2D eigenvalue weighted by Gasteiger charge is -2.43. The van der Waals surface area contributed by atoms with Crippen molar-refractivity contribution in [2.75, 3.05) is 0 Å². The van der Waals surface area contributed by atoms with Gasteiger partial charge >= 0.3 is 0 Å². The molecule has 4 heteroatoms. The van der Waals surface area contributed by atoms with E-state index in [9.17, 15) is 9.59 Å². The Labute approximate surface area is 125 Å². The van der Waals surface area contributed by atoms with Crippen LogP contribution in [0.5, 0.6) is 0 Å². The van der Waals surface area contributed by atoms with Crippen LogP contribution >= 0.6 is 0 Å². The van der Waals surface area contributed by atoms with Crippen LogP contribution < -0.4 is 5.32 Å². The molecule has 2 unspecified atom stereocenters. The number of carbonyl (C=O) groups is 2. The number of nitrogens with one attached hydrogen (secondary N) is 1. The zero-order valence-electron chi connectivity index (χ0n) is 12.8. The molecule has 2 fully saturated rings. The highest BCUT2D eigenvalue weighted by atomic mass is 16.2. The maximum Gasteiger partial charge on any atom is 0.249 e. The number of rotatable bonds is 3. The third-order valence-electron chi connectivity index (χ3n) is 4.76. The minimum atomic E-state index is -0.715. The molecule has 1 N–H and O–H groups in total. The lowest BCUT2D eigenvalue weighted by molar-refractivity contribution is -0.155. The molecule has 0 radical (unpaired) electrons. The van der Waals surface area contributed by atoms with Crippen LogP contribution in [0.2, 0.25) is 0 Å². The lowest BCUT2D eigenvalue weighted by atomic mass is 9.89. The van der Waals surface area contributed by atoms with Gasteiger partial charge in [-0.15, -0.1) is 0 Å². The van der Waals surface area contributed by atoms with Crippen molar-refractivity contribution in [3.8, 4) is 0 Å². The van der Waals surface area contributed by atoms with Gasteiger partial charge in [-0.3, -0.25) is 9.59 Å². The van der Waals surface area contributed by atoms with Gasteiger partial charge < -0.3 is 10.2 Å². The molecule has 1 aliphatic carbocycles. The zero-order valence-corrected chi connectivity index (χ0v) is 12.8. The van der Waals surface area contributed by atoms with E-state index < -0.39 is 11.6 Å². The first-order valence-corrected chi connectivity index (χ1v) is 7.60. The Kier molecular flexibility index (Phi) is 3.27. The Morgan fingerprint density at radius 2 is 2.05 bits per heavy atom. The molecule has 0 spiro atoms. The molecule has 1 aromatic carbocycles. The summed E-state index contributed by atoms with van der Waals surface area (Å²) < 4.78 is 0. The minimum absolute atomic E-state index is 0.0448. The van der Waals surface area contributed by atoms with Crippen molar-refractivity contribution in [3.63, 3.8) is 0 Å². The topological polar surface area (TPSA) is 49.4 Å². The largest absolute Gasteiger partial charge is 0.340 e. The average molecular weight is 286 g/mol. The average Bonchev–Trinajstić information content (AvgIpc) is 3.26. The van der Waals surface area contributed by atoms with Crippen LogP contribution in [-0.4, -0.2) is 28.3 Å². The third-order valence-corrected chi connectivity index (χ3v) is 4.76. The van der Waals surface area contributed by atoms with Gasteiger partial charge in [0.15, 0.2) is 0 Å². The molecule has 1 saturated heterocycles. The highest BCUT2D eigenvalue weighted by Crippen LogP contribution is 2.42. The summed E-state index contributed by atoms with van der Waals surface area (Å²) >= 11 is 0. The van der Waals surface area contributed by atoms with Gasteiger partial charge in [0, 0.05) is 6.54 Å². The smallest absolute Gasteiger partial charge is 0.249 e. The molecular weight excluding hydrogens is 264 g/mol. The number of nitrogens with zero attached hydrogens (tertiary/aromatic N) is 1. The number of aryl methyl sites for hydroxylation is 1. The number of amides is 2. The molecule has 1 heterocycles. The number of hydrogen-bond donors (Lipinski definition) is 1. The number of piperazine rings is 1. The van der Waals surface area contributed by atoms with E-state index in [1.54, 1.807) is 11.8 Å². The highest BCUT2D eigenvalue weighted by molar-refractivity contribution is 5.99. The molecule has 0 bridgehead atoms. The molecule has 1 aliphatic heterocycles. The van der Waals surface area contributed by atoms with Gasteiger partial charge in [0.25, 0.3) is 0 Å². The maximum atomic E-state index is 12.9. The Balaban J connectivity index is 1.87. The summed E-state index contributed by atoms with van der Waals surface area (Å²) in [6.45, 7) is 6.21. The highest BCUT2D eigenvalue weighted by Gasteiger charge is 2.54. The van der Waals surface area contributed by atoms with Crippen LogP contribution in [-0.2, 0) is 16.1 Å². The molecule has 1 saturated carbocycles. The van der Waals surface area contributed by atoms with Crippen LogP contribution in [0.3, 0.4) is 0 Å². The van der Waals surface area contributed by atoms with Crippen molar-refractivity contribution in [2.24, 2.45) is 5.92 Å². The summed E-state index contributed by atoms with van der Waals surface area (Å²) in [6.07, 6.45) is 2.05. The number of hydrogen-bond acceptors (Lipinski definition) is 2. The molecule has 0 aromatic heterocycles. The summed E-state index contributed by atoms with van der Waals surface area (Å²) in [4.78, 5) is 26.9. The first-order chi connectivity index (χ1) is 9.91. The van der Waals surface area contributed by atoms with Crippen LogP contribution in [0.1, 0.15) is 37.8 Å². The van der Waals surface area contributed by atoms with Crippen LogP contribution in [0, 0.1) is 12.8 Å². The van der Waals surface area contributed by atoms with Gasteiger partial charge in [0.2, 0.25) is 11.8 Å². The van der Waals surface area contributed by atoms with Crippen LogP contribution in [0.15, 0.2) is 24.3 Å². The summed E-state index contributed by atoms with van der Waals surface area (Å²) in [5.41, 5.74) is 1.52. The normalized spacial score (nSPS) is 29.5. The summed E-state index contributed by atoms with van der Waals surface area (Å²) in [5, 5.41) is 2.95. The zero-order chi connectivity index (χ0) is 15.2. The van der Waals surface area contributed by atoms with E-state index in [-0.39, 0.29) is 11.8 Å². The van der Waals surface area contributed by atoms with E-state index in [1.807, 2.05) is 32.0 Å². The van der Waals surface area contributed by atoms with Gasteiger partial charge in [-0.1, -0.05) is 29.8 Å². The molecule has 3 rings (SSSR count). The van der Waals surface area contributed by atoms with E-state index in [2.05, 4.69) is 11.4 Å². The minimum Gasteiger partial charge on any atom is -0.340 e. The van der Waals surface area contributed by atoms with Crippen molar-refractivity contribution in [3.05, 3.63) is 35.4 Å². The standard InChI is InChI=1S/C17H22N2O2/c1-11-5-4-6-13(9-11)10-19-12(2)15(20)18-17(3,16(19)21)14-7-8-14/h4-6,9,12,14H,7-8,10H2,1-3H3,(H,18,20). The Morgan fingerprint density at radius 1 is 1.33 bits per heavy atom. The third kappa shape index (κ3) is 2.43. The molecule has 2 amide bonds. The van der Waals surface area contributed by atoms with Crippen molar-refractivity contribution in [2.45, 2.75) is 51.7 Å². The molecule has 112 valence electrons. The van der Waals surface area contributed by atoms with E-state index >= 15 is 0 Å². The fourth-order valence-electron chi connectivity index (χ4n) is 3.18. The molecule has 21 heavy (non-hydrogen) atoms. The molecular formula is C17H22N2O2. The van der Waals surface area contributed by atoms with E-state index in [0.717, 1.165) is 18.4 Å². The van der Waals surface area contributed by atoms with Crippen LogP contribution in [0.25, 0.3) is 0 Å². The molecule has 2 atom stereocenters. The second-order valence-corrected chi connectivity index (χ2v) is 6.56. The fraction of sp³-hybridized carbons (Fsp3) is 0.529. The Hall–Kier alpha value is -1.84. The van der Waals surface area contributed by atoms with Crippen molar-refractivity contribution in [1.29, 1.82) is 0 Å². The van der Waals surface area contributed by atoms with E-state index in [0.29, 0.717) is 12.5 Å². The van der Waals surface area contributed by atoms with Gasteiger partial charge in [0.05, 0.1) is 0 Å². The summed E-state index contributed by atoms with van der Waals surface area (Å²) in [6, 6.07) is 7.69. The molecule has 4 nitrogen and oxygen atoms in total. The predicted octanol–water partition coefficient (Wildman–Crippen LogP) is 2.01. The SMILES string of the molecule is Cc1cccc(CN2C(=O)C(C)(C3CC3)NC(=O)C2C)c1. The lowest BCUT2D eigenvalue weighted by Crippen LogP contribution is -2.69. The first kappa shape index (κ1) is 14.1. The maximum absolute atomic E-state index is 12.9. The Bertz CT molecular complexity index is 594. The molecule has 2 aliphatic rings. The van der Waals surface area contributed by atoms with Gasteiger partial charge in [-0.25, -0.2) is 0 Å². The van der Waals surface area contributed by atoms with Crippen molar-refractivity contribution >= 4 is 11.8 Å². The van der Waals surface area contributed by atoms with Crippen molar-refractivity contribution < 1.29 is 9.59 Å². The quantitative estimate of drug-likeness (QED) is 0.924. The number of benzene rings is 1.